The van der Waals surface area contributed by atoms with Gasteiger partial charge in [0.25, 0.3) is 0 Å². The summed E-state index contributed by atoms with van der Waals surface area (Å²) in [6, 6.07) is 9.56. The second-order valence-corrected chi connectivity index (χ2v) is 5.79. The van der Waals surface area contributed by atoms with Crippen LogP contribution in [0.3, 0.4) is 0 Å². The first kappa shape index (κ1) is 18.7. The lowest BCUT2D eigenvalue weighted by atomic mass is 10.1. The molecule has 3 aromatic rings. The summed E-state index contributed by atoms with van der Waals surface area (Å²) >= 11 is 5.89. The highest BCUT2D eigenvalue weighted by atomic mass is 35.5. The smallest absolute Gasteiger partial charge is 0.416 e. The minimum Gasteiger partial charge on any atom is -0.423 e. The summed E-state index contributed by atoms with van der Waals surface area (Å²) in [5.74, 6) is -0.247. The molecule has 2 aromatic carbocycles. The second kappa shape index (κ2) is 7.63. The molecule has 1 amide bonds. The van der Waals surface area contributed by atoms with Crippen molar-refractivity contribution in [3.8, 4) is 11.5 Å². The molecule has 0 saturated carbocycles. The standard InChI is InChI=1S/C18H11ClF3N3O2/c19-15-6-5-13(18(20,21)22)8-11(15)4-7-16(26)24-14-3-1-2-12(9-14)17-25-23-10-27-17/h1-10H,(H,24,26). The van der Waals surface area contributed by atoms with E-state index in [-0.39, 0.29) is 16.5 Å². The van der Waals surface area contributed by atoms with Gasteiger partial charge in [0.2, 0.25) is 18.2 Å². The van der Waals surface area contributed by atoms with Gasteiger partial charge in [-0.05, 0) is 48.0 Å². The summed E-state index contributed by atoms with van der Waals surface area (Å²) in [6.07, 6.45) is -0.998. The van der Waals surface area contributed by atoms with Crippen molar-refractivity contribution in [2.75, 3.05) is 5.32 Å². The van der Waals surface area contributed by atoms with Crippen molar-refractivity contribution >= 4 is 29.3 Å². The van der Waals surface area contributed by atoms with Gasteiger partial charge in [-0.1, -0.05) is 17.7 Å². The molecule has 0 fully saturated rings. The number of anilines is 1. The van der Waals surface area contributed by atoms with E-state index in [0.29, 0.717) is 11.3 Å². The highest BCUT2D eigenvalue weighted by molar-refractivity contribution is 6.32. The fourth-order valence-corrected chi connectivity index (χ4v) is 2.41. The molecule has 27 heavy (non-hydrogen) atoms. The van der Waals surface area contributed by atoms with Gasteiger partial charge in [0.1, 0.15) is 0 Å². The number of hydrogen-bond acceptors (Lipinski definition) is 4. The monoisotopic (exact) mass is 393 g/mol. The Labute approximate surface area is 156 Å². The Hall–Kier alpha value is -3.13. The van der Waals surface area contributed by atoms with E-state index in [0.717, 1.165) is 24.3 Å². The molecule has 0 aliphatic heterocycles. The van der Waals surface area contributed by atoms with E-state index >= 15 is 0 Å². The Morgan fingerprint density at radius 2 is 2.00 bits per heavy atom. The van der Waals surface area contributed by atoms with Crippen LogP contribution in [0.15, 0.2) is 59.4 Å². The highest BCUT2D eigenvalue weighted by Gasteiger charge is 2.30. The van der Waals surface area contributed by atoms with E-state index in [2.05, 4.69) is 15.5 Å². The lowest BCUT2D eigenvalue weighted by Gasteiger charge is -2.08. The van der Waals surface area contributed by atoms with Crippen LogP contribution in [0.25, 0.3) is 17.5 Å². The third kappa shape index (κ3) is 4.73. The SMILES string of the molecule is O=C(C=Cc1cc(C(F)(F)F)ccc1Cl)Nc1cccc(-c2nnco2)c1. The molecule has 0 atom stereocenters. The van der Waals surface area contributed by atoms with Crippen molar-refractivity contribution in [1.29, 1.82) is 0 Å². The molecule has 0 saturated heterocycles. The van der Waals surface area contributed by atoms with Crippen LogP contribution in [-0.4, -0.2) is 16.1 Å². The molecule has 1 aromatic heterocycles. The van der Waals surface area contributed by atoms with Gasteiger partial charge < -0.3 is 9.73 Å². The molecule has 0 spiro atoms. The van der Waals surface area contributed by atoms with Gasteiger partial charge in [-0.25, -0.2) is 0 Å². The van der Waals surface area contributed by atoms with Gasteiger partial charge in [0.05, 0.1) is 5.56 Å². The molecule has 3 rings (SSSR count). The van der Waals surface area contributed by atoms with Crippen molar-refractivity contribution in [2.24, 2.45) is 0 Å². The fraction of sp³-hybridized carbons (Fsp3) is 0.0556. The second-order valence-electron chi connectivity index (χ2n) is 5.38. The first-order valence-corrected chi connectivity index (χ1v) is 7.93. The normalized spacial score (nSPS) is 11.7. The Morgan fingerprint density at radius 3 is 2.70 bits per heavy atom. The maximum atomic E-state index is 12.8. The average molecular weight is 394 g/mol. The summed E-state index contributed by atoms with van der Waals surface area (Å²) in [4.78, 5) is 12.1. The fourth-order valence-electron chi connectivity index (χ4n) is 2.23. The number of halogens is 4. The molecule has 0 unspecified atom stereocenters. The van der Waals surface area contributed by atoms with Crippen LogP contribution < -0.4 is 5.32 Å². The van der Waals surface area contributed by atoms with E-state index in [1.807, 2.05) is 0 Å². The summed E-state index contributed by atoms with van der Waals surface area (Å²) in [5.41, 5.74) is 0.297. The van der Waals surface area contributed by atoms with Gasteiger partial charge in [-0.3, -0.25) is 4.79 Å². The Balaban J connectivity index is 1.74. The molecule has 0 aliphatic rings. The number of amides is 1. The molecule has 1 heterocycles. The van der Waals surface area contributed by atoms with Gasteiger partial charge in [-0.15, -0.1) is 10.2 Å². The van der Waals surface area contributed by atoms with Crippen LogP contribution >= 0.6 is 11.6 Å². The number of rotatable bonds is 4. The largest absolute Gasteiger partial charge is 0.423 e. The van der Waals surface area contributed by atoms with Crippen molar-refractivity contribution in [3.05, 3.63) is 71.1 Å². The highest BCUT2D eigenvalue weighted by Crippen LogP contribution is 2.32. The molecule has 0 aliphatic carbocycles. The molecule has 9 heteroatoms. The Kier molecular flexibility index (Phi) is 5.27. The predicted molar refractivity (Wildman–Crippen MR) is 93.9 cm³/mol. The molecule has 138 valence electrons. The van der Waals surface area contributed by atoms with Crippen LogP contribution in [0.5, 0.6) is 0 Å². The number of carbonyl (C=O) groups excluding carboxylic acids is 1. The minimum absolute atomic E-state index is 0.0845. The number of nitrogens with zero attached hydrogens (tertiary/aromatic N) is 2. The van der Waals surface area contributed by atoms with Gasteiger partial charge in [0.15, 0.2) is 0 Å². The average Bonchev–Trinajstić information content (AvgIpc) is 3.15. The number of carbonyl (C=O) groups is 1. The lowest BCUT2D eigenvalue weighted by molar-refractivity contribution is -0.137. The molecule has 0 bridgehead atoms. The molecule has 0 radical (unpaired) electrons. The van der Waals surface area contributed by atoms with E-state index in [4.69, 9.17) is 16.0 Å². The maximum Gasteiger partial charge on any atom is 0.416 e. The van der Waals surface area contributed by atoms with Gasteiger partial charge >= 0.3 is 6.18 Å². The third-order valence-electron chi connectivity index (χ3n) is 3.47. The molecular weight excluding hydrogens is 383 g/mol. The van der Waals surface area contributed by atoms with E-state index < -0.39 is 17.6 Å². The zero-order valence-electron chi connectivity index (χ0n) is 13.5. The van der Waals surface area contributed by atoms with Crippen molar-refractivity contribution in [1.82, 2.24) is 10.2 Å². The zero-order valence-corrected chi connectivity index (χ0v) is 14.3. The Morgan fingerprint density at radius 1 is 1.19 bits per heavy atom. The summed E-state index contributed by atoms with van der Waals surface area (Å²) in [7, 11) is 0. The minimum atomic E-state index is -4.50. The quantitative estimate of drug-likeness (QED) is 0.629. The summed E-state index contributed by atoms with van der Waals surface area (Å²) in [5, 5.41) is 10.0. The number of hydrogen-bond donors (Lipinski definition) is 1. The molecule has 1 N–H and O–H groups in total. The third-order valence-corrected chi connectivity index (χ3v) is 3.82. The number of aromatic nitrogens is 2. The van der Waals surface area contributed by atoms with Crippen molar-refractivity contribution < 1.29 is 22.4 Å². The van der Waals surface area contributed by atoms with Crippen molar-refractivity contribution in [2.45, 2.75) is 6.18 Å². The molecule has 5 nitrogen and oxygen atoms in total. The van der Waals surface area contributed by atoms with Crippen LogP contribution in [0.1, 0.15) is 11.1 Å². The van der Waals surface area contributed by atoms with Crippen LogP contribution in [0.4, 0.5) is 18.9 Å². The van der Waals surface area contributed by atoms with Gasteiger partial charge in [0, 0.05) is 22.3 Å². The number of benzene rings is 2. The van der Waals surface area contributed by atoms with E-state index in [1.165, 1.54) is 12.5 Å². The first-order chi connectivity index (χ1) is 12.8. The topological polar surface area (TPSA) is 68.0 Å². The van der Waals surface area contributed by atoms with Crippen LogP contribution in [0, 0.1) is 0 Å². The first-order valence-electron chi connectivity index (χ1n) is 7.55. The summed E-state index contributed by atoms with van der Waals surface area (Å²) in [6.45, 7) is 0. The van der Waals surface area contributed by atoms with Crippen LogP contribution in [-0.2, 0) is 11.0 Å². The lowest BCUT2D eigenvalue weighted by Crippen LogP contribution is -2.08. The predicted octanol–water partition coefficient (Wildman–Crippen LogP) is 5.06. The maximum absolute atomic E-state index is 12.8. The Bertz CT molecular complexity index is 986. The number of nitrogens with one attached hydrogen (secondary N) is 1. The molecular formula is C18H11ClF3N3O2. The van der Waals surface area contributed by atoms with Gasteiger partial charge in [-0.2, -0.15) is 13.2 Å². The van der Waals surface area contributed by atoms with Crippen molar-refractivity contribution in [3.63, 3.8) is 0 Å². The zero-order chi connectivity index (χ0) is 19.4. The van der Waals surface area contributed by atoms with Crippen LogP contribution in [0.2, 0.25) is 5.02 Å². The van der Waals surface area contributed by atoms with E-state index in [9.17, 15) is 18.0 Å². The summed E-state index contributed by atoms with van der Waals surface area (Å²) < 4.78 is 43.4. The number of alkyl halides is 3. The van der Waals surface area contributed by atoms with E-state index in [1.54, 1.807) is 24.3 Å².